The predicted octanol–water partition coefficient (Wildman–Crippen LogP) is 7.95. The minimum atomic E-state index is -0.0406. The fraction of sp³-hybridized carbons (Fsp3) is 1.00. The van der Waals surface area contributed by atoms with Crippen molar-refractivity contribution in [2.45, 2.75) is 115 Å². The van der Waals surface area contributed by atoms with Crippen molar-refractivity contribution in [2.75, 3.05) is 13.2 Å². The summed E-state index contributed by atoms with van der Waals surface area (Å²) in [5, 5.41) is 0. The van der Waals surface area contributed by atoms with Crippen LogP contribution in [0.5, 0.6) is 0 Å². The van der Waals surface area contributed by atoms with Crippen LogP contribution in [0.15, 0.2) is 0 Å². The summed E-state index contributed by atoms with van der Waals surface area (Å²) in [5.74, 6) is 2.43. The first-order chi connectivity index (χ1) is 12.4. The Labute approximate surface area is 177 Å². The molecular weight excluding hydrogens is 344 g/mol. The average molecular weight is 397 g/mol. The van der Waals surface area contributed by atoms with Gasteiger partial charge in [-0.25, -0.2) is 0 Å². The molecule has 2 aliphatic rings. The van der Waals surface area contributed by atoms with Gasteiger partial charge in [0, 0.05) is 11.3 Å². The first-order valence-corrected chi connectivity index (χ1v) is 11.7. The number of hydrogen-bond donors (Lipinski definition) is 0. The lowest BCUT2D eigenvalue weighted by Gasteiger charge is -2.41. The third-order valence-electron chi connectivity index (χ3n) is 7.01. The van der Waals surface area contributed by atoms with Crippen LogP contribution in [0.4, 0.5) is 0 Å². The lowest BCUT2D eigenvalue weighted by atomic mass is 9.64. The number of rotatable bonds is 0. The Morgan fingerprint density at radius 3 is 0.929 bits per heavy atom. The third-order valence-corrected chi connectivity index (χ3v) is 7.01. The fourth-order valence-electron chi connectivity index (χ4n) is 4.33. The second-order valence-corrected chi connectivity index (χ2v) is 13.7. The Kier molecular flexibility index (Phi) is 8.69. The van der Waals surface area contributed by atoms with Gasteiger partial charge in [0.25, 0.3) is 0 Å². The standard InChI is InChI=1S/C14H28.C12H24O2/c1-13(2,3)11-7-9-12(10-8-11)14(4,5)6;1-11(2,3)9-7-13-10(14-8-9)12(4,5)6/h11-12H,7-10H2,1-6H3;9-10H,7-8H2,1-6H3. The van der Waals surface area contributed by atoms with Gasteiger partial charge in [-0.2, -0.15) is 0 Å². The van der Waals surface area contributed by atoms with Crippen LogP contribution in [0.2, 0.25) is 0 Å². The first-order valence-electron chi connectivity index (χ1n) is 11.7. The maximum Gasteiger partial charge on any atom is 0.162 e. The molecular formula is C26H52O2. The highest BCUT2D eigenvalue weighted by Gasteiger charge is 2.36. The Balaban J connectivity index is 0.000000280. The molecule has 2 nitrogen and oxygen atoms in total. The molecule has 1 saturated carbocycles. The Morgan fingerprint density at radius 1 is 0.429 bits per heavy atom. The van der Waals surface area contributed by atoms with Crippen LogP contribution in [-0.2, 0) is 9.47 Å². The highest BCUT2D eigenvalue weighted by molar-refractivity contribution is 4.85. The van der Waals surface area contributed by atoms with E-state index in [9.17, 15) is 0 Å². The van der Waals surface area contributed by atoms with Gasteiger partial charge in [0.15, 0.2) is 6.29 Å². The molecule has 0 aromatic rings. The summed E-state index contributed by atoms with van der Waals surface area (Å²) in [6.45, 7) is 29.2. The second-order valence-electron chi connectivity index (χ2n) is 13.7. The van der Waals surface area contributed by atoms with Crippen molar-refractivity contribution >= 4 is 0 Å². The van der Waals surface area contributed by atoms with Gasteiger partial charge >= 0.3 is 0 Å². The molecule has 1 saturated heterocycles. The van der Waals surface area contributed by atoms with Crippen LogP contribution in [-0.4, -0.2) is 19.5 Å². The van der Waals surface area contributed by atoms with Crippen LogP contribution < -0.4 is 0 Å². The molecule has 0 aromatic heterocycles. The minimum Gasteiger partial charge on any atom is -0.352 e. The van der Waals surface area contributed by atoms with E-state index in [1.165, 1.54) is 25.7 Å². The maximum atomic E-state index is 5.76. The van der Waals surface area contributed by atoms with Gasteiger partial charge in [0.05, 0.1) is 13.2 Å². The molecule has 0 atom stereocenters. The fourth-order valence-corrected chi connectivity index (χ4v) is 4.33. The molecule has 28 heavy (non-hydrogen) atoms. The number of ether oxygens (including phenoxy) is 2. The normalized spacial score (nSPS) is 30.4. The molecule has 0 N–H and O–H groups in total. The molecule has 2 heteroatoms. The molecule has 2 fully saturated rings. The summed E-state index contributed by atoms with van der Waals surface area (Å²) in [5.41, 5.74) is 1.43. The van der Waals surface area contributed by atoms with Crippen LogP contribution in [0.3, 0.4) is 0 Å². The third kappa shape index (κ3) is 8.34. The van der Waals surface area contributed by atoms with Gasteiger partial charge in [0.2, 0.25) is 0 Å². The van der Waals surface area contributed by atoms with Crippen LogP contribution in [0.1, 0.15) is 109 Å². The topological polar surface area (TPSA) is 18.5 Å². The van der Waals surface area contributed by atoms with Crippen LogP contribution in [0, 0.1) is 39.4 Å². The van der Waals surface area contributed by atoms with Gasteiger partial charge in [-0.3, -0.25) is 0 Å². The summed E-state index contributed by atoms with van der Waals surface area (Å²) in [4.78, 5) is 0. The van der Waals surface area contributed by atoms with Crippen LogP contribution in [0.25, 0.3) is 0 Å². The number of hydrogen-bond acceptors (Lipinski definition) is 2. The van der Waals surface area contributed by atoms with E-state index >= 15 is 0 Å². The van der Waals surface area contributed by atoms with Crippen molar-refractivity contribution in [1.82, 2.24) is 0 Å². The molecule has 2 rings (SSSR count). The van der Waals surface area contributed by atoms with Gasteiger partial charge in [-0.05, 0) is 53.8 Å². The largest absolute Gasteiger partial charge is 0.352 e. The van der Waals surface area contributed by atoms with E-state index in [2.05, 4.69) is 83.1 Å². The molecule has 168 valence electrons. The SMILES string of the molecule is CC(C)(C)C1CCC(C(C)(C)C)CC1.CC(C)(C)C1COC(C(C)(C)C)OC1. The molecule has 0 amide bonds. The summed E-state index contributed by atoms with van der Waals surface area (Å²) in [6.07, 6.45) is 5.76. The van der Waals surface area contributed by atoms with Crippen molar-refractivity contribution in [1.29, 1.82) is 0 Å². The van der Waals surface area contributed by atoms with E-state index < -0.39 is 0 Å². The Morgan fingerprint density at radius 2 is 0.714 bits per heavy atom. The second kappa shape index (κ2) is 9.38. The smallest absolute Gasteiger partial charge is 0.162 e. The summed E-state index contributed by atoms with van der Waals surface area (Å²) < 4.78 is 11.5. The summed E-state index contributed by atoms with van der Waals surface area (Å²) in [7, 11) is 0. The van der Waals surface area contributed by atoms with Crippen molar-refractivity contribution in [3.05, 3.63) is 0 Å². The molecule has 0 spiro atoms. The minimum absolute atomic E-state index is 0.0406. The molecule has 1 heterocycles. The first kappa shape index (κ1) is 26.0. The highest BCUT2D eigenvalue weighted by atomic mass is 16.7. The van der Waals surface area contributed by atoms with Gasteiger partial charge in [-0.15, -0.1) is 0 Å². The van der Waals surface area contributed by atoms with E-state index in [1.54, 1.807) is 0 Å². The Bertz CT molecular complexity index is 349. The molecule has 1 aliphatic carbocycles. The zero-order valence-corrected chi connectivity index (χ0v) is 21.4. The van der Waals surface area contributed by atoms with Crippen molar-refractivity contribution in [3.8, 4) is 0 Å². The molecule has 0 unspecified atom stereocenters. The summed E-state index contributed by atoms with van der Waals surface area (Å²) in [6, 6.07) is 0. The summed E-state index contributed by atoms with van der Waals surface area (Å²) >= 11 is 0. The molecule has 0 bridgehead atoms. The van der Waals surface area contributed by atoms with Gasteiger partial charge in [0.1, 0.15) is 0 Å². The van der Waals surface area contributed by atoms with Crippen molar-refractivity contribution < 1.29 is 9.47 Å². The van der Waals surface area contributed by atoms with Crippen molar-refractivity contribution in [2.24, 2.45) is 39.4 Å². The molecule has 0 aromatic carbocycles. The zero-order valence-electron chi connectivity index (χ0n) is 21.4. The van der Waals surface area contributed by atoms with E-state index in [-0.39, 0.29) is 17.1 Å². The van der Waals surface area contributed by atoms with Gasteiger partial charge in [-0.1, -0.05) is 83.1 Å². The Hall–Kier alpha value is -0.0800. The van der Waals surface area contributed by atoms with E-state index in [0.717, 1.165) is 25.0 Å². The lowest BCUT2D eigenvalue weighted by Crippen LogP contribution is -2.43. The molecule has 1 aliphatic heterocycles. The maximum absolute atomic E-state index is 5.76. The lowest BCUT2D eigenvalue weighted by molar-refractivity contribution is -0.253. The average Bonchev–Trinajstić information content (AvgIpc) is 2.52. The van der Waals surface area contributed by atoms with E-state index in [4.69, 9.17) is 9.47 Å². The monoisotopic (exact) mass is 396 g/mol. The highest BCUT2D eigenvalue weighted by Crippen LogP contribution is 2.45. The predicted molar refractivity (Wildman–Crippen MR) is 122 cm³/mol. The van der Waals surface area contributed by atoms with Gasteiger partial charge < -0.3 is 9.47 Å². The molecule has 0 radical (unpaired) electrons. The van der Waals surface area contributed by atoms with E-state index in [0.29, 0.717) is 16.7 Å². The van der Waals surface area contributed by atoms with Crippen molar-refractivity contribution in [3.63, 3.8) is 0 Å². The van der Waals surface area contributed by atoms with Crippen LogP contribution >= 0.6 is 0 Å². The van der Waals surface area contributed by atoms with E-state index in [1.807, 2.05) is 0 Å². The zero-order chi connectivity index (χ0) is 22.0. The quantitative estimate of drug-likeness (QED) is 0.413.